The molecule has 1 aliphatic heterocycles. The summed E-state index contributed by atoms with van der Waals surface area (Å²) in [4.78, 5) is 12.5. The first-order valence-corrected chi connectivity index (χ1v) is 9.19. The second kappa shape index (κ2) is 5.64. The maximum atomic E-state index is 11.6. The smallest absolute Gasteiger partial charge is 0.245 e. The SMILES string of the molecule is CSc1nnc(Sc2cc3c(cc2Br)C(N)C(=O)N3)s1. The lowest BCUT2D eigenvalue weighted by molar-refractivity contribution is -0.116. The number of aromatic nitrogens is 2. The van der Waals surface area contributed by atoms with Crippen LogP contribution in [0.25, 0.3) is 0 Å². The minimum absolute atomic E-state index is 0.172. The van der Waals surface area contributed by atoms with E-state index in [-0.39, 0.29) is 5.91 Å². The predicted molar refractivity (Wildman–Crippen MR) is 85.5 cm³/mol. The van der Waals surface area contributed by atoms with E-state index in [1.165, 1.54) is 11.8 Å². The molecule has 1 aromatic heterocycles. The first kappa shape index (κ1) is 14.3. The summed E-state index contributed by atoms with van der Waals surface area (Å²) >= 11 is 8.14. The number of thioether (sulfide) groups is 1. The molecule has 0 radical (unpaired) electrons. The van der Waals surface area contributed by atoms with Gasteiger partial charge in [0.15, 0.2) is 8.68 Å². The zero-order chi connectivity index (χ0) is 14.3. The van der Waals surface area contributed by atoms with E-state index in [0.29, 0.717) is 0 Å². The van der Waals surface area contributed by atoms with Crippen LogP contribution in [0, 0.1) is 0 Å². The molecule has 104 valence electrons. The molecule has 2 heterocycles. The number of nitrogens with one attached hydrogen (secondary N) is 1. The zero-order valence-corrected chi connectivity index (χ0v) is 14.3. The maximum absolute atomic E-state index is 11.6. The molecule has 1 unspecified atom stereocenters. The average molecular weight is 389 g/mol. The van der Waals surface area contributed by atoms with E-state index in [2.05, 4.69) is 31.4 Å². The van der Waals surface area contributed by atoms with Crippen LogP contribution in [0.1, 0.15) is 11.6 Å². The van der Waals surface area contributed by atoms with E-state index in [4.69, 9.17) is 5.73 Å². The molecular weight excluding hydrogens is 380 g/mol. The summed E-state index contributed by atoms with van der Waals surface area (Å²) in [7, 11) is 0. The quantitative estimate of drug-likeness (QED) is 0.786. The third-order valence-corrected chi connectivity index (χ3v) is 6.67. The molecule has 2 aromatic rings. The minimum atomic E-state index is -0.593. The minimum Gasteiger partial charge on any atom is -0.324 e. The predicted octanol–water partition coefficient (Wildman–Crippen LogP) is 3.13. The number of hydrogen-bond acceptors (Lipinski definition) is 7. The number of fused-ring (bicyclic) bond motifs is 1. The third-order valence-electron chi connectivity index (χ3n) is 2.74. The van der Waals surface area contributed by atoms with Crippen molar-refractivity contribution >= 4 is 62.4 Å². The first-order chi connectivity index (χ1) is 9.58. The van der Waals surface area contributed by atoms with Gasteiger partial charge in [0.25, 0.3) is 0 Å². The summed E-state index contributed by atoms with van der Waals surface area (Å²) in [5.74, 6) is -0.172. The molecule has 9 heteroatoms. The second-order valence-corrected chi connectivity index (χ2v) is 8.15. The van der Waals surface area contributed by atoms with Crippen molar-refractivity contribution < 1.29 is 4.79 Å². The number of amides is 1. The molecule has 1 aliphatic rings. The summed E-state index contributed by atoms with van der Waals surface area (Å²) < 4.78 is 2.69. The van der Waals surface area contributed by atoms with E-state index in [1.54, 1.807) is 23.1 Å². The van der Waals surface area contributed by atoms with Gasteiger partial charge in [-0.3, -0.25) is 4.79 Å². The normalized spacial score (nSPS) is 17.1. The van der Waals surface area contributed by atoms with Gasteiger partial charge in [-0.2, -0.15) is 0 Å². The van der Waals surface area contributed by atoms with Crippen molar-refractivity contribution in [3.63, 3.8) is 0 Å². The number of nitrogens with two attached hydrogens (primary N) is 1. The Kier molecular flexibility index (Phi) is 4.04. The fourth-order valence-electron chi connectivity index (χ4n) is 1.78. The van der Waals surface area contributed by atoms with Crippen molar-refractivity contribution in [2.24, 2.45) is 5.73 Å². The Labute approximate surface area is 136 Å². The van der Waals surface area contributed by atoms with Crippen molar-refractivity contribution in [3.8, 4) is 0 Å². The van der Waals surface area contributed by atoms with E-state index >= 15 is 0 Å². The Balaban J connectivity index is 1.91. The molecule has 1 amide bonds. The van der Waals surface area contributed by atoms with E-state index < -0.39 is 6.04 Å². The van der Waals surface area contributed by atoms with Crippen LogP contribution in [0.4, 0.5) is 5.69 Å². The molecule has 1 aromatic carbocycles. The van der Waals surface area contributed by atoms with Crippen LogP contribution >= 0.6 is 50.8 Å². The highest BCUT2D eigenvalue weighted by atomic mass is 79.9. The van der Waals surface area contributed by atoms with Crippen LogP contribution in [0.3, 0.4) is 0 Å². The summed E-state index contributed by atoms with van der Waals surface area (Å²) in [5, 5.41) is 11.0. The van der Waals surface area contributed by atoms with Gasteiger partial charge in [0, 0.05) is 20.6 Å². The summed E-state index contributed by atoms with van der Waals surface area (Å²) in [6.45, 7) is 0. The highest BCUT2D eigenvalue weighted by Gasteiger charge is 2.28. The Morgan fingerprint density at radius 1 is 1.40 bits per heavy atom. The molecule has 1 atom stereocenters. The molecule has 3 rings (SSSR count). The number of hydrogen-bond donors (Lipinski definition) is 2. The first-order valence-electron chi connectivity index (χ1n) is 5.53. The van der Waals surface area contributed by atoms with Crippen LogP contribution in [-0.2, 0) is 4.79 Å². The number of anilines is 1. The molecular formula is C11H9BrN4OS3. The Morgan fingerprint density at radius 3 is 2.85 bits per heavy atom. The van der Waals surface area contributed by atoms with Gasteiger partial charge in [0.1, 0.15) is 6.04 Å². The lowest BCUT2D eigenvalue weighted by Gasteiger charge is -2.06. The van der Waals surface area contributed by atoms with Crippen molar-refractivity contribution in [2.75, 3.05) is 11.6 Å². The maximum Gasteiger partial charge on any atom is 0.245 e. The highest BCUT2D eigenvalue weighted by Crippen LogP contribution is 2.41. The van der Waals surface area contributed by atoms with Crippen LogP contribution < -0.4 is 11.1 Å². The molecule has 0 saturated heterocycles. The lowest BCUT2D eigenvalue weighted by atomic mass is 10.1. The molecule has 20 heavy (non-hydrogen) atoms. The fourth-order valence-corrected chi connectivity index (χ4v) is 4.82. The van der Waals surface area contributed by atoms with Crippen LogP contribution in [0.5, 0.6) is 0 Å². The van der Waals surface area contributed by atoms with Gasteiger partial charge in [0.2, 0.25) is 5.91 Å². The Morgan fingerprint density at radius 2 is 2.15 bits per heavy atom. The second-order valence-electron chi connectivity index (χ2n) is 3.98. The number of carbonyl (C=O) groups excluding carboxylic acids is 1. The number of benzene rings is 1. The van der Waals surface area contributed by atoms with Gasteiger partial charge in [0.05, 0.1) is 0 Å². The van der Waals surface area contributed by atoms with Crippen LogP contribution in [0.15, 0.2) is 30.2 Å². The lowest BCUT2D eigenvalue weighted by Crippen LogP contribution is -2.19. The number of halogens is 1. The van der Waals surface area contributed by atoms with Crippen molar-refractivity contribution in [1.82, 2.24) is 10.2 Å². The third kappa shape index (κ3) is 2.60. The average Bonchev–Trinajstić information content (AvgIpc) is 2.98. The number of nitrogens with zero attached hydrogens (tertiary/aromatic N) is 2. The molecule has 0 spiro atoms. The number of rotatable bonds is 3. The van der Waals surface area contributed by atoms with Gasteiger partial charge >= 0.3 is 0 Å². The molecule has 0 bridgehead atoms. The largest absolute Gasteiger partial charge is 0.324 e. The monoisotopic (exact) mass is 388 g/mol. The van der Waals surface area contributed by atoms with Crippen molar-refractivity contribution in [2.45, 2.75) is 19.6 Å². The van der Waals surface area contributed by atoms with E-state index in [0.717, 1.165) is 29.3 Å². The van der Waals surface area contributed by atoms with E-state index in [9.17, 15) is 4.79 Å². The Hall–Kier alpha value is -0.610. The summed E-state index contributed by atoms with van der Waals surface area (Å²) in [6.07, 6.45) is 1.97. The van der Waals surface area contributed by atoms with Crippen LogP contribution in [0.2, 0.25) is 0 Å². The fraction of sp³-hybridized carbons (Fsp3) is 0.182. The summed E-state index contributed by atoms with van der Waals surface area (Å²) in [5.41, 5.74) is 7.40. The standard InChI is InChI=1S/C11H9BrN4OS3/c1-18-10-15-16-11(20-10)19-7-3-6-4(2-5(7)12)8(13)9(17)14-6/h2-3,8H,13H2,1H3,(H,14,17). The van der Waals surface area contributed by atoms with E-state index in [1.807, 2.05) is 18.4 Å². The topological polar surface area (TPSA) is 80.9 Å². The number of carbonyl (C=O) groups is 1. The summed E-state index contributed by atoms with van der Waals surface area (Å²) in [6, 6.07) is 3.20. The molecule has 5 nitrogen and oxygen atoms in total. The molecule has 0 aliphatic carbocycles. The van der Waals surface area contributed by atoms with Crippen molar-refractivity contribution in [1.29, 1.82) is 0 Å². The van der Waals surface area contributed by atoms with Gasteiger partial charge < -0.3 is 11.1 Å². The molecule has 3 N–H and O–H groups in total. The molecule has 0 fully saturated rings. The highest BCUT2D eigenvalue weighted by molar-refractivity contribution is 9.10. The van der Waals surface area contributed by atoms with Gasteiger partial charge in [-0.15, -0.1) is 10.2 Å². The van der Waals surface area contributed by atoms with Crippen LogP contribution in [-0.4, -0.2) is 22.4 Å². The zero-order valence-electron chi connectivity index (χ0n) is 10.2. The van der Waals surface area contributed by atoms with Gasteiger partial charge in [-0.1, -0.05) is 34.9 Å². The van der Waals surface area contributed by atoms with Gasteiger partial charge in [-0.25, -0.2) is 0 Å². The Bertz CT molecular complexity index is 690. The molecule has 0 saturated carbocycles. The van der Waals surface area contributed by atoms with Crippen molar-refractivity contribution in [3.05, 3.63) is 22.2 Å². The van der Waals surface area contributed by atoms with Gasteiger partial charge in [-0.05, 0) is 34.3 Å².